The van der Waals surface area contributed by atoms with Gasteiger partial charge in [0.1, 0.15) is 11.3 Å². The minimum Gasteiger partial charge on any atom is -0.497 e. The van der Waals surface area contributed by atoms with E-state index >= 15 is 0 Å². The summed E-state index contributed by atoms with van der Waals surface area (Å²) in [4.78, 5) is 6.51. The lowest BCUT2D eigenvalue weighted by Crippen LogP contribution is -2.29. The predicted molar refractivity (Wildman–Crippen MR) is 115 cm³/mol. The van der Waals surface area contributed by atoms with Gasteiger partial charge in [-0.1, -0.05) is 29.3 Å². The minimum atomic E-state index is -4.57. The van der Waals surface area contributed by atoms with E-state index in [0.717, 1.165) is 0 Å². The van der Waals surface area contributed by atoms with Gasteiger partial charge in [0.15, 0.2) is 6.10 Å². The van der Waals surface area contributed by atoms with Gasteiger partial charge in [-0.15, -0.1) is 0 Å². The quantitative estimate of drug-likeness (QED) is 0.422. The Balaban J connectivity index is 1.92. The summed E-state index contributed by atoms with van der Waals surface area (Å²) in [6.07, 6.45) is -5.95. The van der Waals surface area contributed by atoms with E-state index in [-0.39, 0.29) is 17.2 Å². The molecule has 3 aromatic rings. The number of fused-ring (bicyclic) bond motifs is 3. The highest BCUT2D eigenvalue weighted by Crippen LogP contribution is 2.44. The van der Waals surface area contributed by atoms with Gasteiger partial charge in [-0.05, 0) is 31.5 Å². The fourth-order valence-electron chi connectivity index (χ4n) is 3.93. The Morgan fingerprint density at radius 1 is 1.13 bits per heavy atom. The highest BCUT2D eigenvalue weighted by atomic mass is 35.5. The minimum absolute atomic E-state index is 0.00446. The van der Waals surface area contributed by atoms with Crippen LogP contribution in [-0.4, -0.2) is 36.0 Å². The molecule has 1 aliphatic heterocycles. The van der Waals surface area contributed by atoms with Crippen molar-refractivity contribution >= 4 is 45.9 Å². The van der Waals surface area contributed by atoms with E-state index in [1.165, 1.54) is 19.1 Å². The average Bonchev–Trinajstić information content (AvgIpc) is 3.13. The van der Waals surface area contributed by atoms with Gasteiger partial charge in [-0.3, -0.25) is 0 Å². The van der Waals surface area contributed by atoms with Crippen molar-refractivity contribution in [1.29, 1.82) is 0 Å². The SMILES string of the molecule is CCOC(c1ccc(Cl)c2nc3n(c12)CCCN3c1ccc(OC)cc1Cl)C(F)(F)F. The molecule has 166 valence electrons. The predicted octanol–water partition coefficient (Wildman–Crippen LogP) is 6.53. The molecule has 0 aliphatic carbocycles. The Labute approximate surface area is 187 Å². The molecule has 0 amide bonds. The van der Waals surface area contributed by atoms with Gasteiger partial charge in [0.2, 0.25) is 5.95 Å². The Morgan fingerprint density at radius 2 is 1.90 bits per heavy atom. The van der Waals surface area contributed by atoms with Crippen LogP contribution in [0.3, 0.4) is 0 Å². The first-order valence-electron chi connectivity index (χ1n) is 9.74. The maximum atomic E-state index is 13.8. The highest BCUT2D eigenvalue weighted by Gasteiger charge is 2.43. The molecule has 10 heteroatoms. The normalized spacial score (nSPS) is 15.3. The Bertz CT molecular complexity index is 1120. The van der Waals surface area contributed by atoms with Crippen molar-refractivity contribution in [1.82, 2.24) is 9.55 Å². The monoisotopic (exact) mass is 473 g/mol. The number of hydrogen-bond donors (Lipinski definition) is 0. The number of hydrogen-bond acceptors (Lipinski definition) is 4. The Kier molecular flexibility index (Phi) is 5.98. The molecule has 0 saturated carbocycles. The van der Waals surface area contributed by atoms with Crippen molar-refractivity contribution in [2.45, 2.75) is 32.2 Å². The number of benzene rings is 2. The standard InChI is InChI=1S/C21H20Cl2F3N3O2/c1-3-31-19(21(24,25)26)13-6-7-14(22)17-18(13)29-10-4-9-28(20(29)27-17)16-8-5-12(30-2)11-15(16)23/h5-8,11,19H,3-4,9-10H2,1-2H3. The molecule has 2 aromatic carbocycles. The number of aromatic nitrogens is 2. The number of methoxy groups -OCH3 is 1. The zero-order valence-corrected chi connectivity index (χ0v) is 18.4. The lowest BCUT2D eigenvalue weighted by atomic mass is 10.1. The van der Waals surface area contributed by atoms with Crippen LogP contribution in [0, 0.1) is 0 Å². The van der Waals surface area contributed by atoms with Crippen LogP contribution in [0.4, 0.5) is 24.8 Å². The van der Waals surface area contributed by atoms with Crippen LogP contribution in [0.2, 0.25) is 10.0 Å². The molecule has 1 atom stereocenters. The fourth-order valence-corrected chi connectivity index (χ4v) is 4.39. The largest absolute Gasteiger partial charge is 0.497 e. The number of nitrogens with zero attached hydrogens (tertiary/aromatic N) is 3. The molecule has 4 rings (SSSR count). The van der Waals surface area contributed by atoms with Crippen molar-refractivity contribution in [3.8, 4) is 5.75 Å². The summed E-state index contributed by atoms with van der Waals surface area (Å²) in [5.41, 5.74) is 1.32. The summed E-state index contributed by atoms with van der Waals surface area (Å²) in [5, 5.41) is 0.729. The summed E-state index contributed by atoms with van der Waals surface area (Å²) in [6, 6.07) is 8.06. The molecule has 1 aromatic heterocycles. The van der Waals surface area contributed by atoms with Crippen LogP contribution in [0.5, 0.6) is 5.75 Å². The fraction of sp³-hybridized carbons (Fsp3) is 0.381. The second-order valence-electron chi connectivity index (χ2n) is 7.10. The Morgan fingerprint density at radius 3 is 2.55 bits per heavy atom. The first-order chi connectivity index (χ1) is 14.8. The van der Waals surface area contributed by atoms with Crippen LogP contribution < -0.4 is 9.64 Å². The maximum absolute atomic E-state index is 13.8. The van der Waals surface area contributed by atoms with E-state index in [1.54, 1.807) is 29.9 Å². The molecular weight excluding hydrogens is 454 g/mol. The number of ether oxygens (including phenoxy) is 2. The summed E-state index contributed by atoms with van der Waals surface area (Å²) in [7, 11) is 1.55. The number of anilines is 2. The average molecular weight is 474 g/mol. The number of alkyl halides is 3. The van der Waals surface area contributed by atoms with E-state index in [0.29, 0.717) is 53.0 Å². The van der Waals surface area contributed by atoms with Crippen LogP contribution in [-0.2, 0) is 11.3 Å². The first kappa shape index (κ1) is 22.0. The topological polar surface area (TPSA) is 39.5 Å². The second-order valence-corrected chi connectivity index (χ2v) is 7.91. The lowest BCUT2D eigenvalue weighted by molar-refractivity contribution is -0.222. The number of halogens is 5. The molecule has 0 radical (unpaired) electrons. The smallest absolute Gasteiger partial charge is 0.418 e. The van der Waals surface area contributed by atoms with E-state index in [4.69, 9.17) is 32.7 Å². The highest BCUT2D eigenvalue weighted by molar-refractivity contribution is 6.35. The molecule has 0 N–H and O–H groups in total. The van der Waals surface area contributed by atoms with Crippen LogP contribution in [0.25, 0.3) is 11.0 Å². The van der Waals surface area contributed by atoms with Gasteiger partial charge >= 0.3 is 6.18 Å². The summed E-state index contributed by atoms with van der Waals surface area (Å²) in [5.74, 6) is 1.09. The van der Waals surface area contributed by atoms with Gasteiger partial charge in [-0.25, -0.2) is 4.98 Å². The molecule has 0 saturated heterocycles. The molecule has 0 fully saturated rings. The van der Waals surface area contributed by atoms with Gasteiger partial charge in [-0.2, -0.15) is 13.2 Å². The van der Waals surface area contributed by atoms with Crippen molar-refractivity contribution in [3.63, 3.8) is 0 Å². The van der Waals surface area contributed by atoms with Crippen molar-refractivity contribution in [3.05, 3.63) is 45.9 Å². The molecule has 0 spiro atoms. The number of aryl methyl sites for hydroxylation is 1. The van der Waals surface area contributed by atoms with Crippen LogP contribution in [0.1, 0.15) is 25.0 Å². The van der Waals surface area contributed by atoms with Crippen molar-refractivity contribution in [2.24, 2.45) is 0 Å². The third-order valence-corrected chi connectivity index (χ3v) is 5.83. The van der Waals surface area contributed by atoms with Gasteiger partial charge in [0.05, 0.1) is 28.4 Å². The maximum Gasteiger partial charge on any atom is 0.418 e. The van der Waals surface area contributed by atoms with E-state index in [9.17, 15) is 13.2 Å². The van der Waals surface area contributed by atoms with Crippen molar-refractivity contribution < 1.29 is 22.6 Å². The van der Waals surface area contributed by atoms with Crippen LogP contribution in [0.15, 0.2) is 30.3 Å². The third-order valence-electron chi connectivity index (χ3n) is 5.22. The Hall–Kier alpha value is -2.16. The molecule has 0 bridgehead atoms. The summed E-state index contributed by atoms with van der Waals surface area (Å²) in [6.45, 7) is 2.56. The van der Waals surface area contributed by atoms with E-state index < -0.39 is 12.3 Å². The molecule has 31 heavy (non-hydrogen) atoms. The second kappa shape index (κ2) is 8.41. The molecule has 1 unspecified atom stereocenters. The molecular formula is C21H20Cl2F3N3O2. The molecule has 5 nitrogen and oxygen atoms in total. The molecule has 2 heterocycles. The molecule has 1 aliphatic rings. The number of rotatable bonds is 5. The van der Waals surface area contributed by atoms with Gasteiger partial charge in [0, 0.05) is 31.3 Å². The van der Waals surface area contributed by atoms with Gasteiger partial charge < -0.3 is 18.9 Å². The number of imidazole rings is 1. The summed E-state index contributed by atoms with van der Waals surface area (Å²) < 4.78 is 53.5. The first-order valence-corrected chi connectivity index (χ1v) is 10.5. The van der Waals surface area contributed by atoms with Gasteiger partial charge in [0.25, 0.3) is 0 Å². The van der Waals surface area contributed by atoms with Crippen molar-refractivity contribution in [2.75, 3.05) is 25.2 Å². The van der Waals surface area contributed by atoms with E-state index in [2.05, 4.69) is 4.98 Å². The zero-order valence-electron chi connectivity index (χ0n) is 16.8. The van der Waals surface area contributed by atoms with E-state index in [1.807, 2.05) is 4.90 Å². The third kappa shape index (κ3) is 3.92. The zero-order chi connectivity index (χ0) is 22.3. The van der Waals surface area contributed by atoms with Crippen LogP contribution >= 0.6 is 23.2 Å². The summed E-state index contributed by atoms with van der Waals surface area (Å²) >= 11 is 12.8. The lowest BCUT2D eigenvalue weighted by Gasteiger charge is -2.30.